The van der Waals surface area contributed by atoms with E-state index in [0.29, 0.717) is 42.5 Å². The van der Waals surface area contributed by atoms with Crippen molar-refractivity contribution < 1.29 is 9.59 Å². The van der Waals surface area contributed by atoms with Crippen molar-refractivity contribution in [2.24, 2.45) is 11.7 Å². The van der Waals surface area contributed by atoms with Crippen LogP contribution in [0.1, 0.15) is 48.7 Å². The Morgan fingerprint density at radius 1 is 1.36 bits per heavy atom. The molecule has 1 aliphatic heterocycles. The Hall–Kier alpha value is -1.56. The Balaban J connectivity index is 2.10. The van der Waals surface area contributed by atoms with Gasteiger partial charge in [0.15, 0.2) is 0 Å². The van der Waals surface area contributed by atoms with Gasteiger partial charge >= 0.3 is 0 Å². The first-order chi connectivity index (χ1) is 10.4. The van der Waals surface area contributed by atoms with Crippen molar-refractivity contribution in [1.82, 2.24) is 14.7 Å². The summed E-state index contributed by atoms with van der Waals surface area (Å²) in [5.41, 5.74) is 6.43. The van der Waals surface area contributed by atoms with Crippen LogP contribution in [0, 0.1) is 12.8 Å². The molecule has 1 aromatic heterocycles. The Bertz CT molecular complexity index is 570. The topological polar surface area (TPSA) is 81.2 Å². The summed E-state index contributed by atoms with van der Waals surface area (Å²) in [6, 6.07) is 0. The SMILES string of the molecule is CCn1nc(C)c(C(=O)N2CCC[C@H](CC(N)=O)CC2)c1Cl. The molecule has 2 rings (SSSR count). The third kappa shape index (κ3) is 3.61. The first kappa shape index (κ1) is 16.8. The largest absolute Gasteiger partial charge is 0.370 e. The van der Waals surface area contributed by atoms with Crippen molar-refractivity contribution in [3.8, 4) is 0 Å². The Kier molecular flexibility index (Phi) is 5.45. The standard InChI is InChI=1S/C15H23ClN4O2/c1-3-20-14(16)13(10(2)18-20)15(22)19-7-4-5-11(6-8-19)9-12(17)21/h11H,3-9H2,1-2H3,(H2,17,21)/t11-/m0/s1. The van der Waals surface area contributed by atoms with Gasteiger partial charge < -0.3 is 10.6 Å². The van der Waals surface area contributed by atoms with Gasteiger partial charge in [0.1, 0.15) is 5.15 Å². The third-order valence-corrected chi connectivity index (χ3v) is 4.59. The molecule has 7 heteroatoms. The highest BCUT2D eigenvalue weighted by molar-refractivity contribution is 6.33. The molecule has 0 unspecified atom stereocenters. The fourth-order valence-electron chi connectivity index (χ4n) is 3.02. The minimum absolute atomic E-state index is 0.0677. The smallest absolute Gasteiger partial charge is 0.258 e. The molecule has 1 saturated heterocycles. The lowest BCUT2D eigenvalue weighted by atomic mass is 9.97. The van der Waals surface area contributed by atoms with Gasteiger partial charge in [-0.2, -0.15) is 5.10 Å². The van der Waals surface area contributed by atoms with E-state index in [4.69, 9.17) is 17.3 Å². The molecule has 0 aromatic carbocycles. The molecule has 2 heterocycles. The summed E-state index contributed by atoms with van der Waals surface area (Å²) in [5, 5.41) is 4.70. The molecule has 1 atom stereocenters. The van der Waals surface area contributed by atoms with Crippen LogP contribution in [-0.4, -0.2) is 39.6 Å². The number of likely N-dealkylation sites (tertiary alicyclic amines) is 1. The predicted molar refractivity (Wildman–Crippen MR) is 84.7 cm³/mol. The normalized spacial score (nSPS) is 19.0. The first-order valence-electron chi connectivity index (χ1n) is 7.74. The van der Waals surface area contributed by atoms with Crippen molar-refractivity contribution in [1.29, 1.82) is 0 Å². The predicted octanol–water partition coefficient (Wildman–Crippen LogP) is 1.98. The van der Waals surface area contributed by atoms with Crippen LogP contribution in [-0.2, 0) is 11.3 Å². The van der Waals surface area contributed by atoms with E-state index in [9.17, 15) is 9.59 Å². The van der Waals surface area contributed by atoms with Crippen molar-refractivity contribution in [2.75, 3.05) is 13.1 Å². The van der Waals surface area contributed by atoms with E-state index in [2.05, 4.69) is 5.10 Å². The van der Waals surface area contributed by atoms with Crippen molar-refractivity contribution in [3.05, 3.63) is 16.4 Å². The Labute approximate surface area is 135 Å². The van der Waals surface area contributed by atoms with E-state index >= 15 is 0 Å². The molecule has 2 N–H and O–H groups in total. The van der Waals surface area contributed by atoms with E-state index in [1.54, 1.807) is 11.6 Å². The van der Waals surface area contributed by atoms with Gasteiger partial charge in [0, 0.05) is 26.1 Å². The zero-order valence-electron chi connectivity index (χ0n) is 13.1. The first-order valence-corrected chi connectivity index (χ1v) is 8.12. The zero-order valence-corrected chi connectivity index (χ0v) is 13.9. The van der Waals surface area contributed by atoms with Crippen LogP contribution >= 0.6 is 11.6 Å². The number of rotatable bonds is 4. The highest BCUT2D eigenvalue weighted by Gasteiger charge is 2.27. The van der Waals surface area contributed by atoms with Gasteiger partial charge in [-0.1, -0.05) is 11.6 Å². The monoisotopic (exact) mass is 326 g/mol. The summed E-state index contributed by atoms with van der Waals surface area (Å²) < 4.78 is 1.64. The number of nitrogens with zero attached hydrogens (tertiary/aromatic N) is 3. The molecule has 0 radical (unpaired) electrons. The molecule has 22 heavy (non-hydrogen) atoms. The van der Waals surface area contributed by atoms with E-state index in [1.165, 1.54) is 0 Å². The third-order valence-electron chi connectivity index (χ3n) is 4.20. The van der Waals surface area contributed by atoms with E-state index < -0.39 is 0 Å². The van der Waals surface area contributed by atoms with Crippen molar-refractivity contribution in [2.45, 2.75) is 46.1 Å². The van der Waals surface area contributed by atoms with Gasteiger partial charge in [-0.25, -0.2) is 0 Å². The number of primary amides is 1. The van der Waals surface area contributed by atoms with Crippen LogP contribution in [0.4, 0.5) is 0 Å². The van der Waals surface area contributed by atoms with Gasteiger partial charge in [-0.15, -0.1) is 0 Å². The van der Waals surface area contributed by atoms with E-state index in [0.717, 1.165) is 19.3 Å². The molecule has 0 aliphatic carbocycles. The number of aromatic nitrogens is 2. The number of aryl methyl sites for hydroxylation is 2. The van der Waals surface area contributed by atoms with Gasteiger partial charge in [0.25, 0.3) is 5.91 Å². The number of hydrogen-bond donors (Lipinski definition) is 1. The summed E-state index contributed by atoms with van der Waals surface area (Å²) in [6.45, 7) is 5.69. The molecule has 2 amide bonds. The van der Waals surface area contributed by atoms with Gasteiger partial charge in [0.05, 0.1) is 11.3 Å². The number of carbonyl (C=O) groups excluding carboxylic acids is 2. The summed E-state index contributed by atoms with van der Waals surface area (Å²) in [5.74, 6) is -0.0694. The lowest BCUT2D eigenvalue weighted by Crippen LogP contribution is -2.32. The number of amides is 2. The van der Waals surface area contributed by atoms with Crippen molar-refractivity contribution in [3.63, 3.8) is 0 Å². The maximum absolute atomic E-state index is 12.7. The summed E-state index contributed by atoms with van der Waals surface area (Å²) in [6.07, 6.45) is 3.00. The van der Waals surface area contributed by atoms with Crippen molar-refractivity contribution >= 4 is 23.4 Å². The van der Waals surface area contributed by atoms with Crippen LogP contribution in [0.5, 0.6) is 0 Å². The number of carbonyl (C=O) groups is 2. The molecule has 0 spiro atoms. The molecular formula is C15H23ClN4O2. The second-order valence-electron chi connectivity index (χ2n) is 5.83. The lowest BCUT2D eigenvalue weighted by molar-refractivity contribution is -0.119. The highest BCUT2D eigenvalue weighted by atomic mass is 35.5. The summed E-state index contributed by atoms with van der Waals surface area (Å²) in [7, 11) is 0. The van der Waals surface area contributed by atoms with Gasteiger partial charge in [0.2, 0.25) is 5.91 Å². The number of nitrogens with two attached hydrogens (primary N) is 1. The molecule has 122 valence electrons. The molecule has 0 saturated carbocycles. The second-order valence-corrected chi connectivity index (χ2v) is 6.18. The fraction of sp³-hybridized carbons (Fsp3) is 0.667. The van der Waals surface area contributed by atoms with Crippen LogP contribution in [0.25, 0.3) is 0 Å². The Morgan fingerprint density at radius 3 is 2.68 bits per heavy atom. The average Bonchev–Trinajstić information content (AvgIpc) is 2.63. The minimum Gasteiger partial charge on any atom is -0.370 e. The second kappa shape index (κ2) is 7.13. The van der Waals surface area contributed by atoms with E-state index in [1.807, 2.05) is 11.8 Å². The number of hydrogen-bond acceptors (Lipinski definition) is 3. The Morgan fingerprint density at radius 2 is 2.09 bits per heavy atom. The van der Waals surface area contributed by atoms with E-state index in [-0.39, 0.29) is 17.7 Å². The maximum atomic E-state index is 12.7. The lowest BCUT2D eigenvalue weighted by Gasteiger charge is -2.20. The number of halogens is 1. The molecule has 1 fully saturated rings. The highest BCUT2D eigenvalue weighted by Crippen LogP contribution is 2.25. The fourth-order valence-corrected chi connectivity index (χ4v) is 3.40. The van der Waals surface area contributed by atoms with Gasteiger partial charge in [-0.3, -0.25) is 14.3 Å². The molecule has 0 bridgehead atoms. The zero-order chi connectivity index (χ0) is 16.3. The maximum Gasteiger partial charge on any atom is 0.258 e. The quantitative estimate of drug-likeness (QED) is 0.918. The molecule has 6 nitrogen and oxygen atoms in total. The van der Waals surface area contributed by atoms with Crippen LogP contribution < -0.4 is 5.73 Å². The van der Waals surface area contributed by atoms with Crippen LogP contribution in [0.15, 0.2) is 0 Å². The van der Waals surface area contributed by atoms with Crippen LogP contribution in [0.2, 0.25) is 5.15 Å². The molecule has 1 aliphatic rings. The minimum atomic E-state index is -0.270. The summed E-state index contributed by atoms with van der Waals surface area (Å²) >= 11 is 6.27. The summed E-state index contributed by atoms with van der Waals surface area (Å²) in [4.78, 5) is 25.6. The van der Waals surface area contributed by atoms with Crippen LogP contribution in [0.3, 0.4) is 0 Å². The van der Waals surface area contributed by atoms with Gasteiger partial charge in [-0.05, 0) is 39.0 Å². The average molecular weight is 327 g/mol. The molecular weight excluding hydrogens is 304 g/mol. The molecule has 1 aromatic rings.